The van der Waals surface area contributed by atoms with Crippen molar-refractivity contribution in [1.29, 1.82) is 0 Å². The lowest BCUT2D eigenvalue weighted by Gasteiger charge is -2.44. The maximum atomic E-state index is 13.3. The van der Waals surface area contributed by atoms with Gasteiger partial charge >= 0.3 is 0 Å². The van der Waals surface area contributed by atoms with Crippen molar-refractivity contribution in [3.63, 3.8) is 0 Å². The van der Waals surface area contributed by atoms with Crippen LogP contribution in [0.4, 0.5) is 0 Å². The van der Waals surface area contributed by atoms with E-state index in [0.29, 0.717) is 37.4 Å². The summed E-state index contributed by atoms with van der Waals surface area (Å²) in [6, 6.07) is 0.779. The van der Waals surface area contributed by atoms with E-state index in [1.807, 2.05) is 16.0 Å². The second kappa shape index (κ2) is 18.4. The minimum Gasteiger partial charge on any atom is -0.393 e. The highest BCUT2D eigenvalue weighted by Crippen LogP contribution is 2.47. The molecule has 4 saturated carbocycles. The Balaban J connectivity index is 0.746. The molecule has 0 radical (unpaired) electrons. The van der Waals surface area contributed by atoms with Crippen LogP contribution in [0.2, 0.25) is 0 Å². The summed E-state index contributed by atoms with van der Waals surface area (Å²) in [5, 5.41) is 12.8. The molecular weight excluding hydrogens is 687 g/mol. The fraction of sp³-hybridized carbons (Fsp3) is 0.891. The molecule has 8 rings (SSSR count). The lowest BCUT2D eigenvalue weighted by Crippen LogP contribution is -2.54. The smallest absolute Gasteiger partial charge is 0.249 e. The number of aliphatic hydroxyl groups is 1. The van der Waals surface area contributed by atoms with Gasteiger partial charge in [0.1, 0.15) is 6.04 Å². The van der Waals surface area contributed by atoms with E-state index in [4.69, 9.17) is 0 Å². The van der Waals surface area contributed by atoms with E-state index in [9.17, 15) is 19.5 Å². The highest BCUT2D eigenvalue weighted by molar-refractivity contribution is 6.02. The lowest BCUT2D eigenvalue weighted by atomic mass is 9.66. The van der Waals surface area contributed by atoms with E-state index in [1.165, 1.54) is 116 Å². The number of amides is 3. The van der Waals surface area contributed by atoms with Crippen molar-refractivity contribution in [2.75, 3.05) is 52.4 Å². The fourth-order valence-electron chi connectivity index (χ4n) is 13.5. The standard InChI is InChI=1S/C46H75N5O4/c1-2-40(33-8-4-3-5-9-33)44(35-14-17-39(52)18-15-35)34-12-10-32(11-13-34)7-6-23-48-24-22-38(31-48)50-27-25-49(26-28-50)37-16-19-41-36(29-37)30-51(46(41)55)42-20-21-43(53)47-45(42)54/h32-39,41-42,52H,2-31H2,1H3,(H,47,53,54)/b44-40+. The quantitative estimate of drug-likeness (QED) is 0.183. The van der Waals surface area contributed by atoms with Crippen molar-refractivity contribution >= 4 is 17.7 Å². The van der Waals surface area contributed by atoms with E-state index in [2.05, 4.69) is 26.9 Å². The van der Waals surface area contributed by atoms with Crippen LogP contribution in [-0.2, 0) is 14.4 Å². The predicted molar refractivity (Wildman–Crippen MR) is 217 cm³/mol. The van der Waals surface area contributed by atoms with Gasteiger partial charge < -0.3 is 14.9 Å². The maximum Gasteiger partial charge on any atom is 0.249 e. The Bertz CT molecular complexity index is 1360. The van der Waals surface area contributed by atoms with Gasteiger partial charge in [-0.3, -0.25) is 29.5 Å². The van der Waals surface area contributed by atoms with E-state index in [1.54, 1.807) is 0 Å². The van der Waals surface area contributed by atoms with Crippen LogP contribution in [0.3, 0.4) is 0 Å². The molecule has 9 heteroatoms. The Morgan fingerprint density at radius 1 is 0.709 bits per heavy atom. The molecule has 3 amide bonds. The predicted octanol–water partition coefficient (Wildman–Crippen LogP) is 6.54. The molecule has 5 unspecified atom stereocenters. The van der Waals surface area contributed by atoms with Gasteiger partial charge in [-0.2, -0.15) is 0 Å². The SMILES string of the molecule is CC/C(=C(\C1CCC(O)CC1)C1CCC(CCCN2CCC(N3CCN(C4CCC5C(=O)N(C6CCC(=O)NC6=O)CC5C4)CC3)C2)CC1)C1CCCCC1. The summed E-state index contributed by atoms with van der Waals surface area (Å²) in [6.07, 6.45) is 26.4. The van der Waals surface area contributed by atoms with Gasteiger partial charge in [-0.05, 0) is 158 Å². The summed E-state index contributed by atoms with van der Waals surface area (Å²) in [5.74, 6) is 3.35. The first-order valence-electron chi connectivity index (χ1n) is 23.6. The number of likely N-dealkylation sites (tertiary alicyclic amines) is 2. The number of allylic oxidation sites excluding steroid dienone is 2. The molecular formula is C46H75N5O4. The summed E-state index contributed by atoms with van der Waals surface area (Å²) in [5.41, 5.74) is 3.79. The third kappa shape index (κ3) is 9.25. The van der Waals surface area contributed by atoms with Crippen molar-refractivity contribution in [3.8, 4) is 0 Å². The van der Waals surface area contributed by atoms with Crippen LogP contribution in [0.1, 0.15) is 148 Å². The van der Waals surface area contributed by atoms with Crippen LogP contribution in [-0.4, -0.2) is 119 Å². The van der Waals surface area contributed by atoms with Crippen LogP contribution < -0.4 is 5.32 Å². The molecule has 8 aliphatic rings. The van der Waals surface area contributed by atoms with Gasteiger partial charge in [0.2, 0.25) is 17.7 Å². The molecule has 4 saturated heterocycles. The number of nitrogens with one attached hydrogen (secondary N) is 1. The van der Waals surface area contributed by atoms with Crippen molar-refractivity contribution < 1.29 is 19.5 Å². The molecule has 4 aliphatic carbocycles. The molecule has 0 aromatic heterocycles. The zero-order valence-electron chi connectivity index (χ0n) is 34.4. The molecule has 0 aromatic rings. The first kappa shape index (κ1) is 40.0. The number of aliphatic hydroxyl groups excluding tert-OH is 1. The Kier molecular flexibility index (Phi) is 13.4. The first-order chi connectivity index (χ1) is 26.8. The number of piperazine rings is 1. The van der Waals surface area contributed by atoms with Gasteiger partial charge in [0.05, 0.1) is 6.10 Å². The Morgan fingerprint density at radius 2 is 1.40 bits per heavy atom. The zero-order valence-corrected chi connectivity index (χ0v) is 34.4. The average Bonchev–Trinajstić information content (AvgIpc) is 3.82. The van der Waals surface area contributed by atoms with Crippen molar-refractivity contribution in [2.24, 2.45) is 35.5 Å². The van der Waals surface area contributed by atoms with Crippen molar-refractivity contribution in [2.45, 2.75) is 172 Å². The molecule has 308 valence electrons. The van der Waals surface area contributed by atoms with Gasteiger partial charge in [-0.25, -0.2) is 0 Å². The van der Waals surface area contributed by atoms with Gasteiger partial charge in [0.15, 0.2) is 0 Å². The van der Waals surface area contributed by atoms with Crippen molar-refractivity contribution in [1.82, 2.24) is 24.9 Å². The molecule has 8 fully saturated rings. The van der Waals surface area contributed by atoms with Crippen LogP contribution in [0.15, 0.2) is 11.1 Å². The van der Waals surface area contributed by atoms with Gasteiger partial charge in [0.25, 0.3) is 0 Å². The molecule has 55 heavy (non-hydrogen) atoms. The van der Waals surface area contributed by atoms with Crippen LogP contribution in [0.25, 0.3) is 0 Å². The normalized spacial score (nSPS) is 38.3. The Hall–Kier alpha value is -1.81. The zero-order chi connectivity index (χ0) is 37.9. The van der Waals surface area contributed by atoms with E-state index >= 15 is 0 Å². The topological polar surface area (TPSA) is 96.4 Å². The fourth-order valence-corrected chi connectivity index (χ4v) is 13.5. The minimum absolute atomic E-state index is 0.0558. The maximum absolute atomic E-state index is 13.3. The molecule has 4 heterocycles. The Morgan fingerprint density at radius 3 is 2.09 bits per heavy atom. The van der Waals surface area contributed by atoms with Crippen LogP contribution in [0.5, 0.6) is 0 Å². The second-order valence-electron chi connectivity index (χ2n) is 19.6. The summed E-state index contributed by atoms with van der Waals surface area (Å²) >= 11 is 0. The number of hydrogen-bond acceptors (Lipinski definition) is 7. The molecule has 5 atom stereocenters. The lowest BCUT2D eigenvalue weighted by molar-refractivity contribution is -0.144. The number of fused-ring (bicyclic) bond motifs is 1. The number of hydrogen-bond donors (Lipinski definition) is 2. The Labute approximate surface area is 332 Å². The van der Waals surface area contributed by atoms with Gasteiger partial charge in [0, 0.05) is 63.7 Å². The number of piperidine rings is 1. The monoisotopic (exact) mass is 762 g/mol. The van der Waals surface area contributed by atoms with Crippen LogP contribution >= 0.6 is 0 Å². The second-order valence-corrected chi connectivity index (χ2v) is 19.6. The summed E-state index contributed by atoms with van der Waals surface area (Å²) in [4.78, 5) is 47.6. The third-order valence-corrected chi connectivity index (χ3v) is 16.6. The van der Waals surface area contributed by atoms with Gasteiger partial charge in [-0.1, -0.05) is 37.3 Å². The molecule has 4 aliphatic heterocycles. The molecule has 0 spiro atoms. The number of carbonyl (C=O) groups excluding carboxylic acids is 3. The highest BCUT2D eigenvalue weighted by atomic mass is 16.3. The highest BCUT2D eigenvalue weighted by Gasteiger charge is 2.49. The summed E-state index contributed by atoms with van der Waals surface area (Å²) in [7, 11) is 0. The number of carbonyl (C=O) groups is 3. The number of nitrogens with zero attached hydrogens (tertiary/aromatic N) is 4. The molecule has 0 bridgehead atoms. The first-order valence-corrected chi connectivity index (χ1v) is 23.6. The molecule has 9 nitrogen and oxygen atoms in total. The van der Waals surface area contributed by atoms with Gasteiger partial charge in [-0.15, -0.1) is 0 Å². The number of rotatable bonds is 11. The van der Waals surface area contributed by atoms with E-state index in [-0.39, 0.29) is 29.7 Å². The average molecular weight is 762 g/mol. The van der Waals surface area contributed by atoms with E-state index < -0.39 is 6.04 Å². The largest absolute Gasteiger partial charge is 0.393 e. The number of imide groups is 1. The molecule has 2 N–H and O–H groups in total. The van der Waals surface area contributed by atoms with Crippen molar-refractivity contribution in [3.05, 3.63) is 11.1 Å². The van der Waals surface area contributed by atoms with E-state index in [0.717, 1.165) is 82.0 Å². The third-order valence-electron chi connectivity index (χ3n) is 16.6. The summed E-state index contributed by atoms with van der Waals surface area (Å²) < 4.78 is 0. The molecule has 0 aromatic carbocycles. The summed E-state index contributed by atoms with van der Waals surface area (Å²) in [6.45, 7) is 11.5. The minimum atomic E-state index is -0.465. The van der Waals surface area contributed by atoms with Crippen LogP contribution in [0, 0.1) is 35.5 Å².